The average molecular weight is 360 g/mol. The topological polar surface area (TPSA) is 118 Å². The Hall–Kier alpha value is -2.47. The molecule has 0 spiro atoms. The molecule has 0 atom stereocenters. The van der Waals surface area contributed by atoms with Crippen LogP contribution in [0.1, 0.15) is 29.9 Å². The summed E-state index contributed by atoms with van der Waals surface area (Å²) < 4.78 is 0. The van der Waals surface area contributed by atoms with Crippen molar-refractivity contribution >= 4 is 17.7 Å². The molecule has 0 radical (unpaired) electrons. The van der Waals surface area contributed by atoms with Gasteiger partial charge in [-0.25, -0.2) is 9.97 Å². The van der Waals surface area contributed by atoms with Crippen LogP contribution in [0.25, 0.3) is 0 Å². The Kier molecular flexibility index (Phi) is 8.41. The van der Waals surface area contributed by atoms with Crippen LogP contribution in [0.15, 0.2) is 23.8 Å². The zero-order valence-corrected chi connectivity index (χ0v) is 15.2. The molecule has 9 heteroatoms. The predicted molar refractivity (Wildman–Crippen MR) is 100 cm³/mol. The molecule has 0 bridgehead atoms. The van der Waals surface area contributed by atoms with Gasteiger partial charge in [0.05, 0.1) is 24.0 Å². The van der Waals surface area contributed by atoms with Gasteiger partial charge < -0.3 is 15.3 Å². The number of aryl methyl sites for hydroxylation is 2. The monoisotopic (exact) mass is 360 g/mol. The Labute approximate surface area is 152 Å². The first kappa shape index (κ1) is 18.9. The quantitative estimate of drug-likeness (QED) is 0.168. The molecule has 2 aromatic heterocycles. The lowest BCUT2D eigenvalue weighted by Gasteiger charge is -2.07. The number of aliphatic imine (C=N–C) groups is 1. The fourth-order valence-corrected chi connectivity index (χ4v) is 3.12. The number of aromatic nitrogens is 4. The Morgan fingerprint density at radius 1 is 1.36 bits per heavy atom. The molecule has 2 rings (SSSR count). The molecule has 134 valence electrons. The second kappa shape index (κ2) is 11.1. The van der Waals surface area contributed by atoms with Crippen LogP contribution in [0, 0.1) is 18.4 Å². The van der Waals surface area contributed by atoms with Crippen molar-refractivity contribution < 1.29 is 0 Å². The number of aromatic amines is 2. The number of nitrogens with zero attached hydrogens (tertiary/aromatic N) is 4. The molecule has 0 aliphatic heterocycles. The summed E-state index contributed by atoms with van der Waals surface area (Å²) in [5.41, 5.74) is 3.28. The minimum Gasteiger partial charge on any atom is -0.356 e. The fraction of sp³-hybridized carbons (Fsp3) is 0.500. The molecule has 0 saturated heterocycles. The summed E-state index contributed by atoms with van der Waals surface area (Å²) >= 11 is 1.84. The van der Waals surface area contributed by atoms with Gasteiger partial charge in [0.1, 0.15) is 0 Å². The first-order valence-corrected chi connectivity index (χ1v) is 9.42. The molecular weight excluding hydrogens is 336 g/mol. The van der Waals surface area contributed by atoms with Gasteiger partial charge in [-0.3, -0.25) is 10.3 Å². The minimum atomic E-state index is 0.540. The maximum atomic E-state index is 8.81. The van der Waals surface area contributed by atoms with E-state index in [0.717, 1.165) is 54.4 Å². The third-order valence-electron chi connectivity index (χ3n) is 3.52. The van der Waals surface area contributed by atoms with E-state index in [-0.39, 0.29) is 0 Å². The number of H-pyrrole nitrogens is 2. The summed E-state index contributed by atoms with van der Waals surface area (Å²) in [6.45, 7) is 3.46. The van der Waals surface area contributed by atoms with Gasteiger partial charge in [-0.1, -0.05) is 0 Å². The van der Waals surface area contributed by atoms with Crippen molar-refractivity contribution in [3.05, 3.63) is 35.9 Å². The number of hydrogen-bond donors (Lipinski definition) is 4. The number of guanidine groups is 1. The van der Waals surface area contributed by atoms with Gasteiger partial charge in [0.2, 0.25) is 5.96 Å². The third kappa shape index (κ3) is 7.30. The minimum absolute atomic E-state index is 0.540. The average Bonchev–Trinajstić information content (AvgIpc) is 3.26. The molecular formula is C16H24N8S. The molecule has 2 heterocycles. The number of hydrogen-bond acceptors (Lipinski definition) is 5. The Morgan fingerprint density at radius 3 is 3.00 bits per heavy atom. The second-order valence-corrected chi connectivity index (χ2v) is 6.54. The lowest BCUT2D eigenvalue weighted by atomic mass is 10.2. The predicted octanol–water partition coefficient (Wildman–Crippen LogP) is 1.71. The molecule has 4 N–H and O–H groups in total. The Morgan fingerprint density at radius 2 is 2.28 bits per heavy atom. The van der Waals surface area contributed by atoms with E-state index in [0.29, 0.717) is 12.5 Å². The highest BCUT2D eigenvalue weighted by atomic mass is 32.2. The first-order chi connectivity index (χ1) is 12.3. The normalized spacial score (nSPS) is 11.3. The highest BCUT2D eigenvalue weighted by Crippen LogP contribution is 2.13. The molecule has 25 heavy (non-hydrogen) atoms. The van der Waals surface area contributed by atoms with Crippen molar-refractivity contribution in [2.24, 2.45) is 4.99 Å². The van der Waals surface area contributed by atoms with Gasteiger partial charge in [0, 0.05) is 30.7 Å². The van der Waals surface area contributed by atoms with E-state index in [1.54, 1.807) is 12.7 Å². The van der Waals surface area contributed by atoms with Crippen LogP contribution in [0.5, 0.6) is 0 Å². The van der Waals surface area contributed by atoms with Gasteiger partial charge in [0.25, 0.3) is 0 Å². The molecule has 0 aliphatic carbocycles. The van der Waals surface area contributed by atoms with Crippen LogP contribution in [-0.4, -0.2) is 44.7 Å². The maximum Gasteiger partial charge on any atom is 0.204 e. The van der Waals surface area contributed by atoms with Gasteiger partial charge in [0.15, 0.2) is 6.19 Å². The first-order valence-electron chi connectivity index (χ1n) is 8.27. The third-order valence-corrected chi connectivity index (χ3v) is 4.58. The second-order valence-electron chi connectivity index (χ2n) is 5.44. The van der Waals surface area contributed by atoms with Crippen molar-refractivity contribution in [1.82, 2.24) is 30.6 Å². The van der Waals surface area contributed by atoms with E-state index in [1.807, 2.05) is 31.1 Å². The largest absolute Gasteiger partial charge is 0.356 e. The summed E-state index contributed by atoms with van der Waals surface area (Å²) in [6.07, 6.45) is 10.00. The smallest absolute Gasteiger partial charge is 0.204 e. The van der Waals surface area contributed by atoms with Crippen LogP contribution in [-0.2, 0) is 12.2 Å². The number of nitriles is 1. The standard InChI is InChI=1S/C16H24N8S/c1-13-15(24-12-22-13)9-25-7-3-6-20-16(21-10-17)19-5-2-4-14-8-18-11-23-14/h8,11-12H,2-7,9H2,1H3,(H,18,23)(H,22,24)(H2,19,20,21). The van der Waals surface area contributed by atoms with Gasteiger partial charge >= 0.3 is 0 Å². The summed E-state index contributed by atoms with van der Waals surface area (Å²) in [7, 11) is 0. The zero-order valence-electron chi connectivity index (χ0n) is 14.4. The Balaban J connectivity index is 1.58. The molecule has 0 amide bonds. The van der Waals surface area contributed by atoms with Gasteiger partial charge in [-0.15, -0.1) is 0 Å². The summed E-state index contributed by atoms with van der Waals surface area (Å²) in [6, 6.07) is 0. The summed E-state index contributed by atoms with van der Waals surface area (Å²) in [5, 5.41) is 14.6. The SMILES string of the molecule is Cc1[nH]cnc1CSCCCN=C(NC#N)NCCCc1c[nH]cn1. The zero-order chi connectivity index (χ0) is 17.7. The molecule has 0 aliphatic rings. The molecule has 2 aromatic rings. The van der Waals surface area contributed by atoms with Crippen molar-refractivity contribution in [1.29, 1.82) is 5.26 Å². The van der Waals surface area contributed by atoms with Crippen LogP contribution < -0.4 is 10.6 Å². The fourth-order valence-electron chi connectivity index (χ4n) is 2.16. The maximum absolute atomic E-state index is 8.81. The molecule has 8 nitrogen and oxygen atoms in total. The van der Waals surface area contributed by atoms with E-state index >= 15 is 0 Å². The lowest BCUT2D eigenvalue weighted by molar-refractivity contribution is 0.748. The van der Waals surface area contributed by atoms with Crippen molar-refractivity contribution in [2.45, 2.75) is 31.9 Å². The van der Waals surface area contributed by atoms with Gasteiger partial charge in [-0.2, -0.15) is 17.0 Å². The lowest BCUT2D eigenvalue weighted by Crippen LogP contribution is -2.35. The van der Waals surface area contributed by atoms with Crippen LogP contribution in [0.3, 0.4) is 0 Å². The van der Waals surface area contributed by atoms with E-state index in [2.05, 4.69) is 35.6 Å². The Bertz CT molecular complexity index is 671. The molecule has 0 fully saturated rings. The number of rotatable bonds is 10. The number of thioether (sulfide) groups is 1. The van der Waals surface area contributed by atoms with Crippen LogP contribution >= 0.6 is 11.8 Å². The number of imidazole rings is 2. The van der Waals surface area contributed by atoms with Crippen LogP contribution in [0.2, 0.25) is 0 Å². The van der Waals surface area contributed by atoms with Crippen molar-refractivity contribution in [2.75, 3.05) is 18.8 Å². The van der Waals surface area contributed by atoms with Crippen LogP contribution in [0.4, 0.5) is 0 Å². The molecule has 0 saturated carbocycles. The van der Waals surface area contributed by atoms with E-state index in [1.165, 1.54) is 0 Å². The number of nitrogens with one attached hydrogen (secondary N) is 4. The van der Waals surface area contributed by atoms with E-state index in [9.17, 15) is 0 Å². The van der Waals surface area contributed by atoms with Gasteiger partial charge in [-0.05, 0) is 31.9 Å². The van der Waals surface area contributed by atoms with E-state index in [4.69, 9.17) is 5.26 Å². The summed E-state index contributed by atoms with van der Waals surface area (Å²) in [5.74, 6) is 2.46. The van der Waals surface area contributed by atoms with Crippen molar-refractivity contribution in [3.8, 4) is 6.19 Å². The highest BCUT2D eigenvalue weighted by Gasteiger charge is 2.01. The van der Waals surface area contributed by atoms with E-state index < -0.39 is 0 Å². The molecule has 0 aromatic carbocycles. The molecule has 0 unspecified atom stereocenters. The van der Waals surface area contributed by atoms with Crippen molar-refractivity contribution in [3.63, 3.8) is 0 Å². The highest BCUT2D eigenvalue weighted by molar-refractivity contribution is 7.98. The summed E-state index contributed by atoms with van der Waals surface area (Å²) in [4.78, 5) is 18.9.